The predicted molar refractivity (Wildman–Crippen MR) is 104 cm³/mol. The highest BCUT2D eigenvalue weighted by Crippen LogP contribution is 2.20. The number of amides is 1. The maximum atomic E-state index is 12.5. The van der Waals surface area contributed by atoms with E-state index in [1.807, 2.05) is 48.9 Å². The smallest absolute Gasteiger partial charge is 0.273 e. The lowest BCUT2D eigenvalue weighted by Gasteiger charge is -2.08. The zero-order valence-corrected chi connectivity index (χ0v) is 17.0. The van der Waals surface area contributed by atoms with E-state index >= 15 is 0 Å². The van der Waals surface area contributed by atoms with Crippen LogP contribution in [-0.2, 0) is 13.2 Å². The fourth-order valence-corrected chi connectivity index (χ4v) is 2.95. The number of nitrogens with zero attached hydrogens (tertiary/aromatic N) is 3. The molecule has 0 radical (unpaired) electrons. The van der Waals surface area contributed by atoms with Gasteiger partial charge in [0.15, 0.2) is 5.69 Å². The lowest BCUT2D eigenvalue weighted by atomic mass is 10.2. The zero-order chi connectivity index (χ0) is 19.4. The number of carbonyl (C=O) groups excluding carboxylic acids is 1. The number of rotatable bonds is 7. The molecule has 7 nitrogen and oxygen atoms in total. The van der Waals surface area contributed by atoms with E-state index in [0.29, 0.717) is 24.4 Å². The van der Waals surface area contributed by atoms with E-state index in [4.69, 9.17) is 9.26 Å². The molecule has 2 aromatic heterocycles. The maximum absolute atomic E-state index is 12.5. The van der Waals surface area contributed by atoms with Gasteiger partial charge in [0.25, 0.3) is 5.91 Å². The summed E-state index contributed by atoms with van der Waals surface area (Å²) in [6, 6.07) is 9.41. The van der Waals surface area contributed by atoms with Crippen molar-refractivity contribution in [3.05, 3.63) is 63.2 Å². The Kier molecular flexibility index (Phi) is 5.95. The Morgan fingerprint density at radius 1 is 1.26 bits per heavy atom. The predicted octanol–water partition coefficient (Wildman–Crippen LogP) is 3.57. The van der Waals surface area contributed by atoms with Crippen LogP contribution in [0.3, 0.4) is 0 Å². The first-order valence-electron chi connectivity index (χ1n) is 8.58. The van der Waals surface area contributed by atoms with Crippen LogP contribution in [0.2, 0.25) is 0 Å². The molecule has 0 atom stereocenters. The summed E-state index contributed by atoms with van der Waals surface area (Å²) in [7, 11) is 0. The Labute approximate surface area is 165 Å². The van der Waals surface area contributed by atoms with Crippen LogP contribution in [0.15, 0.2) is 39.3 Å². The Morgan fingerprint density at radius 2 is 2.00 bits per heavy atom. The Hall–Kier alpha value is -2.61. The van der Waals surface area contributed by atoms with Crippen LogP contribution in [0.25, 0.3) is 0 Å². The van der Waals surface area contributed by atoms with Gasteiger partial charge in [-0.05, 0) is 48.8 Å². The van der Waals surface area contributed by atoms with E-state index in [1.54, 1.807) is 6.92 Å². The van der Waals surface area contributed by atoms with Crippen LogP contribution in [0.4, 0.5) is 0 Å². The van der Waals surface area contributed by atoms with E-state index in [9.17, 15) is 4.79 Å². The minimum absolute atomic E-state index is 0.215. The molecule has 0 aliphatic rings. The number of para-hydroxylation sites is 1. The van der Waals surface area contributed by atoms with Gasteiger partial charge >= 0.3 is 0 Å². The second-order valence-electron chi connectivity index (χ2n) is 6.13. The second kappa shape index (κ2) is 8.39. The van der Waals surface area contributed by atoms with Crippen LogP contribution >= 0.6 is 15.9 Å². The SMILES string of the molecule is Cc1nn(CCNC(=O)c2noc(C)c2COc2ccccc2)c(C)c1Br. The molecule has 0 spiro atoms. The molecule has 1 N–H and O–H groups in total. The number of nitrogens with one attached hydrogen (secondary N) is 1. The van der Waals surface area contributed by atoms with Crippen molar-refractivity contribution in [2.75, 3.05) is 6.54 Å². The molecule has 8 heteroatoms. The summed E-state index contributed by atoms with van der Waals surface area (Å²) < 4.78 is 13.8. The monoisotopic (exact) mass is 432 g/mol. The van der Waals surface area contributed by atoms with Crippen LogP contribution in [-0.4, -0.2) is 27.4 Å². The maximum Gasteiger partial charge on any atom is 0.273 e. The number of aryl methyl sites for hydroxylation is 2. The third-order valence-corrected chi connectivity index (χ3v) is 5.38. The number of aromatic nitrogens is 3. The van der Waals surface area contributed by atoms with Gasteiger partial charge in [0.05, 0.1) is 22.3 Å². The summed E-state index contributed by atoms with van der Waals surface area (Å²) in [4.78, 5) is 12.5. The molecule has 0 bridgehead atoms. The average Bonchev–Trinajstić information content (AvgIpc) is 3.15. The van der Waals surface area contributed by atoms with E-state index < -0.39 is 0 Å². The van der Waals surface area contributed by atoms with Crippen molar-refractivity contribution in [1.82, 2.24) is 20.3 Å². The molecule has 1 amide bonds. The molecule has 0 fully saturated rings. The Morgan fingerprint density at radius 3 is 2.67 bits per heavy atom. The molecule has 0 aliphatic carbocycles. The largest absolute Gasteiger partial charge is 0.489 e. The summed E-state index contributed by atoms with van der Waals surface area (Å²) >= 11 is 3.50. The fourth-order valence-electron chi connectivity index (χ4n) is 2.66. The topological polar surface area (TPSA) is 82.2 Å². The molecule has 27 heavy (non-hydrogen) atoms. The summed E-state index contributed by atoms with van der Waals surface area (Å²) in [6.45, 7) is 6.89. The van der Waals surface area contributed by atoms with Crippen molar-refractivity contribution in [2.24, 2.45) is 0 Å². The first-order valence-corrected chi connectivity index (χ1v) is 9.37. The van der Waals surface area contributed by atoms with Gasteiger partial charge in [-0.3, -0.25) is 9.48 Å². The Bertz CT molecular complexity index is 934. The van der Waals surface area contributed by atoms with Gasteiger partial charge in [-0.15, -0.1) is 0 Å². The van der Waals surface area contributed by atoms with Crippen molar-refractivity contribution < 1.29 is 14.1 Å². The molecule has 3 rings (SSSR count). The summed E-state index contributed by atoms with van der Waals surface area (Å²) in [5.74, 6) is 0.997. The molecule has 0 aliphatic heterocycles. The molecule has 142 valence electrons. The minimum Gasteiger partial charge on any atom is -0.489 e. The Balaban J connectivity index is 1.60. The van der Waals surface area contributed by atoms with E-state index in [-0.39, 0.29) is 18.2 Å². The summed E-state index contributed by atoms with van der Waals surface area (Å²) in [6.07, 6.45) is 0. The number of carbonyl (C=O) groups is 1. The molecular weight excluding hydrogens is 412 g/mol. The molecule has 2 heterocycles. The van der Waals surface area contributed by atoms with Crippen LogP contribution in [0, 0.1) is 20.8 Å². The highest BCUT2D eigenvalue weighted by Gasteiger charge is 2.20. The van der Waals surface area contributed by atoms with Crippen molar-refractivity contribution in [3.8, 4) is 5.75 Å². The van der Waals surface area contributed by atoms with Crippen LogP contribution < -0.4 is 10.1 Å². The summed E-state index contributed by atoms with van der Waals surface area (Å²) in [5, 5.41) is 11.2. The van der Waals surface area contributed by atoms with E-state index in [2.05, 4.69) is 31.5 Å². The van der Waals surface area contributed by atoms with Gasteiger partial charge in [0, 0.05) is 12.2 Å². The average molecular weight is 433 g/mol. The normalized spacial score (nSPS) is 10.8. The van der Waals surface area contributed by atoms with E-state index in [1.165, 1.54) is 0 Å². The lowest BCUT2D eigenvalue weighted by Crippen LogP contribution is -2.29. The standard InChI is InChI=1S/C19H21BrN4O3/c1-12-17(20)13(2)24(22-12)10-9-21-19(25)18-16(14(3)27-23-18)11-26-15-7-5-4-6-8-15/h4-8H,9-11H2,1-3H3,(H,21,25). The summed E-state index contributed by atoms with van der Waals surface area (Å²) in [5.41, 5.74) is 2.84. The van der Waals surface area contributed by atoms with Crippen molar-refractivity contribution in [1.29, 1.82) is 0 Å². The first-order chi connectivity index (χ1) is 13.0. The number of hydrogen-bond donors (Lipinski definition) is 1. The van der Waals surface area contributed by atoms with Crippen molar-refractivity contribution >= 4 is 21.8 Å². The number of ether oxygens (including phenoxy) is 1. The molecule has 1 aromatic carbocycles. The molecule has 0 saturated carbocycles. The quantitative estimate of drug-likeness (QED) is 0.616. The van der Waals surface area contributed by atoms with Crippen LogP contribution in [0.5, 0.6) is 5.75 Å². The number of halogens is 1. The van der Waals surface area contributed by atoms with Crippen molar-refractivity contribution in [3.63, 3.8) is 0 Å². The van der Waals surface area contributed by atoms with Gasteiger partial charge in [-0.1, -0.05) is 23.4 Å². The van der Waals surface area contributed by atoms with Gasteiger partial charge in [-0.25, -0.2) is 0 Å². The second-order valence-corrected chi connectivity index (χ2v) is 6.92. The third kappa shape index (κ3) is 4.39. The highest BCUT2D eigenvalue weighted by atomic mass is 79.9. The van der Waals surface area contributed by atoms with Crippen molar-refractivity contribution in [2.45, 2.75) is 33.9 Å². The number of hydrogen-bond acceptors (Lipinski definition) is 5. The van der Waals surface area contributed by atoms with Gasteiger partial charge in [0.1, 0.15) is 18.1 Å². The molecule has 0 saturated heterocycles. The molecule has 3 aromatic rings. The molecular formula is C19H21BrN4O3. The van der Waals surface area contributed by atoms with Gasteiger partial charge in [-0.2, -0.15) is 5.10 Å². The van der Waals surface area contributed by atoms with E-state index in [0.717, 1.165) is 21.6 Å². The molecule has 0 unspecified atom stereocenters. The number of benzene rings is 1. The fraction of sp³-hybridized carbons (Fsp3) is 0.316. The van der Waals surface area contributed by atoms with Gasteiger partial charge < -0.3 is 14.6 Å². The third-order valence-electron chi connectivity index (χ3n) is 4.23. The first kappa shape index (κ1) is 19.2. The minimum atomic E-state index is -0.292. The van der Waals surface area contributed by atoms with Crippen LogP contribution in [0.1, 0.15) is 33.2 Å². The zero-order valence-electron chi connectivity index (χ0n) is 15.5. The lowest BCUT2D eigenvalue weighted by molar-refractivity contribution is 0.0940. The highest BCUT2D eigenvalue weighted by molar-refractivity contribution is 9.10. The van der Waals surface area contributed by atoms with Gasteiger partial charge in [0.2, 0.25) is 0 Å².